The second-order valence-electron chi connectivity index (χ2n) is 5.34. The van der Waals surface area contributed by atoms with Crippen LogP contribution in [0.4, 0.5) is 5.69 Å². The maximum Gasteiger partial charge on any atom is 0.0635 e. The van der Waals surface area contributed by atoms with E-state index in [1.165, 1.54) is 23.2 Å². The Kier molecular flexibility index (Phi) is 3.72. The van der Waals surface area contributed by atoms with Crippen LogP contribution in [0.2, 0.25) is 0 Å². The highest BCUT2D eigenvalue weighted by Gasteiger charge is 2.27. The summed E-state index contributed by atoms with van der Waals surface area (Å²) < 4.78 is 0. The predicted octanol–water partition coefficient (Wildman–Crippen LogP) is 3.08. The van der Waals surface area contributed by atoms with Gasteiger partial charge in [-0.15, -0.1) is 0 Å². The van der Waals surface area contributed by atoms with Crippen molar-refractivity contribution in [3.05, 3.63) is 29.3 Å². The molecule has 1 heterocycles. The number of anilines is 1. The van der Waals surface area contributed by atoms with E-state index in [0.29, 0.717) is 12.0 Å². The molecule has 1 fully saturated rings. The molecule has 2 rings (SSSR count). The molecule has 1 aromatic carbocycles. The van der Waals surface area contributed by atoms with Crippen molar-refractivity contribution in [2.45, 2.75) is 45.6 Å². The maximum absolute atomic E-state index is 9.48. The molecule has 1 N–H and O–H groups in total. The lowest BCUT2D eigenvalue weighted by molar-refractivity contribution is 0.266. The van der Waals surface area contributed by atoms with Gasteiger partial charge in [0, 0.05) is 12.2 Å². The molecule has 1 aromatic rings. The van der Waals surface area contributed by atoms with Gasteiger partial charge in [0.15, 0.2) is 0 Å². The third-order valence-corrected chi connectivity index (χ3v) is 3.77. The summed E-state index contributed by atoms with van der Waals surface area (Å²) in [6, 6.07) is 6.85. The minimum absolute atomic E-state index is 0.270. The highest BCUT2D eigenvalue weighted by Crippen LogP contribution is 2.35. The van der Waals surface area contributed by atoms with Gasteiger partial charge in [0.25, 0.3) is 0 Å². The Morgan fingerprint density at radius 1 is 1.41 bits per heavy atom. The van der Waals surface area contributed by atoms with Crippen molar-refractivity contribution in [3.8, 4) is 0 Å². The van der Waals surface area contributed by atoms with Crippen LogP contribution in [0, 0.1) is 6.92 Å². The zero-order valence-corrected chi connectivity index (χ0v) is 11.1. The first-order chi connectivity index (χ1) is 8.15. The fraction of sp³-hybridized carbons (Fsp3) is 0.600. The Hall–Kier alpha value is -1.02. The van der Waals surface area contributed by atoms with Crippen LogP contribution in [0.15, 0.2) is 18.2 Å². The van der Waals surface area contributed by atoms with Crippen molar-refractivity contribution in [1.82, 2.24) is 0 Å². The van der Waals surface area contributed by atoms with Crippen LogP contribution in [0.1, 0.15) is 43.7 Å². The number of para-hydroxylation sites is 1. The first-order valence-electron chi connectivity index (χ1n) is 6.62. The van der Waals surface area contributed by atoms with Crippen molar-refractivity contribution in [2.75, 3.05) is 18.1 Å². The number of hydrogen-bond acceptors (Lipinski definition) is 2. The normalized spacial score (nSPS) is 20.3. The van der Waals surface area contributed by atoms with Crippen molar-refractivity contribution in [2.24, 2.45) is 0 Å². The Balaban J connectivity index is 2.42. The summed E-state index contributed by atoms with van der Waals surface area (Å²) >= 11 is 0. The number of rotatable bonds is 3. The third-order valence-electron chi connectivity index (χ3n) is 3.77. The quantitative estimate of drug-likeness (QED) is 0.867. The molecule has 0 amide bonds. The van der Waals surface area contributed by atoms with Gasteiger partial charge in [0.05, 0.1) is 12.6 Å². The van der Waals surface area contributed by atoms with E-state index in [1.807, 2.05) is 0 Å². The van der Waals surface area contributed by atoms with Gasteiger partial charge in [0.1, 0.15) is 0 Å². The van der Waals surface area contributed by atoms with Crippen LogP contribution in [0.5, 0.6) is 0 Å². The van der Waals surface area contributed by atoms with Crippen LogP contribution in [0.3, 0.4) is 0 Å². The number of benzene rings is 1. The lowest BCUT2D eigenvalue weighted by Crippen LogP contribution is -2.33. The second kappa shape index (κ2) is 5.09. The summed E-state index contributed by atoms with van der Waals surface area (Å²) in [7, 11) is 0. The molecule has 94 valence electrons. The lowest BCUT2D eigenvalue weighted by Gasteiger charge is -2.30. The molecule has 1 aliphatic heterocycles. The van der Waals surface area contributed by atoms with Gasteiger partial charge >= 0.3 is 0 Å². The molecule has 2 nitrogen and oxygen atoms in total. The fourth-order valence-corrected chi connectivity index (χ4v) is 2.86. The molecular formula is C15H23NO. The molecule has 0 radical (unpaired) electrons. The Labute approximate surface area is 104 Å². The number of aryl methyl sites for hydroxylation is 1. The van der Waals surface area contributed by atoms with Crippen molar-refractivity contribution >= 4 is 5.69 Å². The molecule has 0 spiro atoms. The zero-order valence-electron chi connectivity index (χ0n) is 11.1. The molecule has 1 unspecified atom stereocenters. The minimum atomic E-state index is 0.270. The van der Waals surface area contributed by atoms with Gasteiger partial charge in [-0.3, -0.25) is 0 Å². The molecule has 0 saturated carbocycles. The summed E-state index contributed by atoms with van der Waals surface area (Å²) in [5, 5.41) is 9.48. The van der Waals surface area contributed by atoms with E-state index in [0.717, 1.165) is 13.0 Å². The smallest absolute Gasteiger partial charge is 0.0635 e. The number of aliphatic hydroxyl groups excluding tert-OH is 1. The standard InChI is InChI=1S/C15H23NO/c1-11(2)14-8-4-6-12(3)15(14)16-9-5-7-13(16)10-17/h4,6,8,11,13,17H,5,7,9-10H2,1-3H3. The van der Waals surface area contributed by atoms with Crippen molar-refractivity contribution < 1.29 is 5.11 Å². The average Bonchev–Trinajstić information content (AvgIpc) is 2.76. The molecule has 17 heavy (non-hydrogen) atoms. The van der Waals surface area contributed by atoms with E-state index in [1.54, 1.807) is 0 Å². The molecular weight excluding hydrogens is 210 g/mol. The van der Waals surface area contributed by atoms with E-state index in [-0.39, 0.29) is 6.61 Å². The Morgan fingerprint density at radius 2 is 2.18 bits per heavy atom. The number of nitrogens with zero attached hydrogens (tertiary/aromatic N) is 1. The van der Waals surface area contributed by atoms with Gasteiger partial charge < -0.3 is 10.0 Å². The van der Waals surface area contributed by atoms with Crippen LogP contribution >= 0.6 is 0 Å². The highest BCUT2D eigenvalue weighted by molar-refractivity contribution is 5.61. The predicted molar refractivity (Wildman–Crippen MR) is 72.7 cm³/mol. The maximum atomic E-state index is 9.48. The SMILES string of the molecule is Cc1cccc(C(C)C)c1N1CCCC1CO. The molecule has 1 saturated heterocycles. The van der Waals surface area contributed by atoms with E-state index in [4.69, 9.17) is 0 Å². The van der Waals surface area contributed by atoms with Gasteiger partial charge in [-0.25, -0.2) is 0 Å². The highest BCUT2D eigenvalue weighted by atomic mass is 16.3. The molecule has 1 atom stereocenters. The topological polar surface area (TPSA) is 23.5 Å². The van der Waals surface area contributed by atoms with Crippen LogP contribution < -0.4 is 4.90 Å². The largest absolute Gasteiger partial charge is 0.394 e. The molecule has 0 aromatic heterocycles. The number of hydrogen-bond donors (Lipinski definition) is 1. The first kappa shape index (κ1) is 12.4. The van der Waals surface area contributed by atoms with Gasteiger partial charge in [-0.05, 0) is 36.8 Å². The van der Waals surface area contributed by atoms with Crippen LogP contribution in [-0.4, -0.2) is 24.3 Å². The average molecular weight is 233 g/mol. The molecule has 2 heteroatoms. The van der Waals surface area contributed by atoms with Crippen molar-refractivity contribution in [3.63, 3.8) is 0 Å². The molecule has 0 aliphatic carbocycles. The third kappa shape index (κ3) is 2.32. The lowest BCUT2D eigenvalue weighted by atomic mass is 9.97. The molecule has 0 bridgehead atoms. The monoisotopic (exact) mass is 233 g/mol. The van der Waals surface area contributed by atoms with E-state index in [2.05, 4.69) is 43.9 Å². The summed E-state index contributed by atoms with van der Waals surface area (Å²) in [5.41, 5.74) is 4.10. The zero-order chi connectivity index (χ0) is 12.4. The van der Waals surface area contributed by atoms with E-state index in [9.17, 15) is 5.11 Å². The van der Waals surface area contributed by atoms with Gasteiger partial charge in [-0.1, -0.05) is 32.0 Å². The van der Waals surface area contributed by atoms with Crippen molar-refractivity contribution in [1.29, 1.82) is 0 Å². The van der Waals surface area contributed by atoms with Crippen LogP contribution in [0.25, 0.3) is 0 Å². The second-order valence-corrected chi connectivity index (χ2v) is 5.34. The number of aliphatic hydroxyl groups is 1. The van der Waals surface area contributed by atoms with E-state index >= 15 is 0 Å². The summed E-state index contributed by atoms with van der Waals surface area (Å²) in [6.07, 6.45) is 2.31. The van der Waals surface area contributed by atoms with Gasteiger partial charge in [0.2, 0.25) is 0 Å². The Bertz CT molecular complexity index is 387. The van der Waals surface area contributed by atoms with E-state index < -0.39 is 0 Å². The summed E-state index contributed by atoms with van der Waals surface area (Å²) in [4.78, 5) is 2.41. The first-order valence-corrected chi connectivity index (χ1v) is 6.62. The Morgan fingerprint density at radius 3 is 2.82 bits per heavy atom. The fourth-order valence-electron chi connectivity index (χ4n) is 2.86. The summed E-state index contributed by atoms with van der Waals surface area (Å²) in [5.74, 6) is 0.532. The van der Waals surface area contributed by atoms with Crippen LogP contribution in [-0.2, 0) is 0 Å². The molecule has 1 aliphatic rings. The minimum Gasteiger partial charge on any atom is -0.394 e. The summed E-state index contributed by atoms with van der Waals surface area (Å²) in [6.45, 7) is 8.00. The van der Waals surface area contributed by atoms with Gasteiger partial charge in [-0.2, -0.15) is 0 Å².